The van der Waals surface area contributed by atoms with Crippen LogP contribution < -0.4 is 11.1 Å². The summed E-state index contributed by atoms with van der Waals surface area (Å²) in [6.07, 6.45) is 6.36. The van der Waals surface area contributed by atoms with Crippen molar-refractivity contribution < 1.29 is 4.79 Å². The first-order chi connectivity index (χ1) is 9.74. The monoisotopic (exact) mass is 272 g/mol. The molecule has 0 heterocycles. The molecule has 3 rings (SSSR count). The van der Waals surface area contributed by atoms with Gasteiger partial charge in [-0.2, -0.15) is 0 Å². The van der Waals surface area contributed by atoms with Crippen LogP contribution >= 0.6 is 0 Å². The van der Waals surface area contributed by atoms with Crippen molar-refractivity contribution in [3.05, 3.63) is 35.4 Å². The molecule has 1 amide bonds. The Morgan fingerprint density at radius 3 is 2.75 bits per heavy atom. The summed E-state index contributed by atoms with van der Waals surface area (Å²) in [4.78, 5) is 12.3. The van der Waals surface area contributed by atoms with Crippen molar-refractivity contribution in [3.8, 4) is 0 Å². The lowest BCUT2D eigenvalue weighted by molar-refractivity contribution is -0.125. The molecule has 20 heavy (non-hydrogen) atoms. The van der Waals surface area contributed by atoms with Gasteiger partial charge < -0.3 is 11.1 Å². The summed E-state index contributed by atoms with van der Waals surface area (Å²) < 4.78 is 0. The Kier molecular flexibility index (Phi) is 4.06. The van der Waals surface area contributed by atoms with E-state index < -0.39 is 0 Å². The van der Waals surface area contributed by atoms with Crippen molar-refractivity contribution >= 4 is 5.91 Å². The van der Waals surface area contributed by atoms with Crippen molar-refractivity contribution in [2.24, 2.45) is 17.6 Å². The smallest absolute Gasteiger partial charge is 0.223 e. The SMILES string of the molecule is NC1CCCC1CNC(=O)C1CCc2ccccc2C1. The number of hydrogen-bond acceptors (Lipinski definition) is 2. The molecular formula is C17H24N2O. The normalized spacial score (nSPS) is 28.9. The number of benzene rings is 1. The van der Waals surface area contributed by atoms with Gasteiger partial charge in [0.05, 0.1) is 0 Å². The van der Waals surface area contributed by atoms with Crippen LogP contribution in [0.3, 0.4) is 0 Å². The van der Waals surface area contributed by atoms with E-state index in [-0.39, 0.29) is 17.9 Å². The number of aryl methyl sites for hydroxylation is 1. The van der Waals surface area contributed by atoms with E-state index >= 15 is 0 Å². The largest absolute Gasteiger partial charge is 0.356 e. The highest BCUT2D eigenvalue weighted by molar-refractivity contribution is 5.79. The molecule has 1 aromatic carbocycles. The fourth-order valence-electron chi connectivity index (χ4n) is 3.62. The molecular weight excluding hydrogens is 248 g/mol. The number of nitrogens with two attached hydrogens (primary N) is 1. The second-order valence-corrected chi connectivity index (χ2v) is 6.31. The standard InChI is InChI=1S/C17H24N2O/c18-16-7-3-6-15(16)11-19-17(20)14-9-8-12-4-1-2-5-13(12)10-14/h1-2,4-5,14-16H,3,6-11,18H2,(H,19,20). The third-order valence-corrected chi connectivity index (χ3v) is 4.97. The van der Waals surface area contributed by atoms with E-state index in [1.54, 1.807) is 0 Å². The van der Waals surface area contributed by atoms with E-state index in [2.05, 4.69) is 29.6 Å². The molecule has 3 nitrogen and oxygen atoms in total. The number of carbonyl (C=O) groups excluding carboxylic acids is 1. The third-order valence-electron chi connectivity index (χ3n) is 4.97. The molecule has 0 bridgehead atoms. The highest BCUT2D eigenvalue weighted by Crippen LogP contribution is 2.26. The van der Waals surface area contributed by atoms with Gasteiger partial charge in [-0.25, -0.2) is 0 Å². The van der Waals surface area contributed by atoms with Crippen LogP contribution in [0.5, 0.6) is 0 Å². The Labute approximate surface area is 120 Å². The van der Waals surface area contributed by atoms with Crippen molar-refractivity contribution in [2.75, 3.05) is 6.54 Å². The van der Waals surface area contributed by atoms with Crippen molar-refractivity contribution in [3.63, 3.8) is 0 Å². The van der Waals surface area contributed by atoms with Gasteiger partial charge in [-0.3, -0.25) is 4.79 Å². The maximum Gasteiger partial charge on any atom is 0.223 e. The van der Waals surface area contributed by atoms with Crippen molar-refractivity contribution in [1.82, 2.24) is 5.32 Å². The molecule has 108 valence electrons. The zero-order valence-corrected chi connectivity index (χ0v) is 12.0. The molecule has 0 spiro atoms. The van der Waals surface area contributed by atoms with Gasteiger partial charge in [0.1, 0.15) is 0 Å². The molecule has 0 radical (unpaired) electrons. The van der Waals surface area contributed by atoms with Gasteiger partial charge in [0.25, 0.3) is 0 Å². The predicted octanol–water partition coefficient (Wildman–Crippen LogP) is 2.04. The lowest BCUT2D eigenvalue weighted by Crippen LogP contribution is -2.40. The molecule has 1 fully saturated rings. The lowest BCUT2D eigenvalue weighted by Gasteiger charge is -2.25. The van der Waals surface area contributed by atoms with Crippen LogP contribution in [0.15, 0.2) is 24.3 Å². The summed E-state index contributed by atoms with van der Waals surface area (Å²) >= 11 is 0. The number of carbonyl (C=O) groups is 1. The fourth-order valence-corrected chi connectivity index (χ4v) is 3.62. The first kappa shape index (κ1) is 13.6. The number of amides is 1. The Morgan fingerprint density at radius 2 is 2.00 bits per heavy atom. The number of rotatable bonds is 3. The first-order valence-corrected chi connectivity index (χ1v) is 7.84. The third kappa shape index (κ3) is 2.88. The molecule has 0 saturated heterocycles. The summed E-state index contributed by atoms with van der Waals surface area (Å²) in [5.41, 5.74) is 8.81. The van der Waals surface area contributed by atoms with E-state index in [1.807, 2.05) is 0 Å². The molecule has 2 aliphatic rings. The Morgan fingerprint density at radius 1 is 1.20 bits per heavy atom. The van der Waals surface area contributed by atoms with E-state index in [1.165, 1.54) is 17.5 Å². The molecule has 0 aliphatic heterocycles. The quantitative estimate of drug-likeness (QED) is 0.884. The first-order valence-electron chi connectivity index (χ1n) is 7.84. The number of hydrogen-bond donors (Lipinski definition) is 2. The van der Waals surface area contributed by atoms with Crippen LogP contribution in [-0.2, 0) is 17.6 Å². The topological polar surface area (TPSA) is 55.1 Å². The summed E-state index contributed by atoms with van der Waals surface area (Å²) in [6.45, 7) is 0.762. The van der Waals surface area contributed by atoms with Crippen molar-refractivity contribution in [1.29, 1.82) is 0 Å². The molecule has 3 N–H and O–H groups in total. The van der Waals surface area contributed by atoms with Crippen LogP contribution in [-0.4, -0.2) is 18.5 Å². The van der Waals surface area contributed by atoms with Gasteiger partial charge in [-0.15, -0.1) is 0 Å². The zero-order valence-electron chi connectivity index (χ0n) is 12.0. The highest BCUT2D eigenvalue weighted by Gasteiger charge is 2.27. The Hall–Kier alpha value is -1.35. The minimum atomic E-state index is 0.141. The maximum absolute atomic E-state index is 12.3. The molecule has 3 unspecified atom stereocenters. The second kappa shape index (κ2) is 5.96. The Balaban J connectivity index is 1.54. The molecule has 3 atom stereocenters. The summed E-state index contributed by atoms with van der Waals surface area (Å²) in [5.74, 6) is 0.843. The van der Waals surface area contributed by atoms with Gasteiger partial charge in [0, 0.05) is 18.5 Å². The van der Waals surface area contributed by atoms with E-state index in [9.17, 15) is 4.79 Å². The second-order valence-electron chi connectivity index (χ2n) is 6.31. The number of fused-ring (bicyclic) bond motifs is 1. The predicted molar refractivity (Wildman–Crippen MR) is 80.3 cm³/mol. The van der Waals surface area contributed by atoms with Crippen LogP contribution in [0.4, 0.5) is 0 Å². The van der Waals surface area contributed by atoms with Crippen LogP contribution in [0.1, 0.15) is 36.8 Å². The summed E-state index contributed by atoms with van der Waals surface area (Å²) in [6, 6.07) is 8.77. The minimum Gasteiger partial charge on any atom is -0.356 e. The average Bonchev–Trinajstić information content (AvgIpc) is 2.89. The van der Waals surface area contributed by atoms with Gasteiger partial charge in [0.15, 0.2) is 0 Å². The zero-order chi connectivity index (χ0) is 13.9. The number of nitrogens with one attached hydrogen (secondary N) is 1. The van der Waals surface area contributed by atoms with Gasteiger partial charge >= 0.3 is 0 Å². The minimum absolute atomic E-state index is 0.141. The maximum atomic E-state index is 12.3. The molecule has 1 aromatic rings. The van der Waals surface area contributed by atoms with Gasteiger partial charge in [-0.1, -0.05) is 30.7 Å². The molecule has 2 aliphatic carbocycles. The molecule has 1 saturated carbocycles. The fraction of sp³-hybridized carbons (Fsp3) is 0.588. The average molecular weight is 272 g/mol. The lowest BCUT2D eigenvalue weighted by atomic mass is 9.83. The summed E-state index contributed by atoms with van der Waals surface area (Å²) in [5, 5.41) is 3.14. The highest BCUT2D eigenvalue weighted by atomic mass is 16.1. The van der Waals surface area contributed by atoms with Gasteiger partial charge in [0.2, 0.25) is 5.91 Å². The van der Waals surface area contributed by atoms with Crippen LogP contribution in [0.25, 0.3) is 0 Å². The molecule has 0 aromatic heterocycles. The van der Waals surface area contributed by atoms with Crippen LogP contribution in [0, 0.1) is 11.8 Å². The van der Waals surface area contributed by atoms with Gasteiger partial charge in [-0.05, 0) is 49.1 Å². The van der Waals surface area contributed by atoms with Crippen molar-refractivity contribution in [2.45, 2.75) is 44.6 Å². The van der Waals surface area contributed by atoms with E-state index in [0.717, 1.165) is 38.6 Å². The van der Waals surface area contributed by atoms with E-state index in [0.29, 0.717) is 5.92 Å². The molecule has 3 heteroatoms. The Bertz CT molecular complexity index is 486. The van der Waals surface area contributed by atoms with Crippen LogP contribution in [0.2, 0.25) is 0 Å². The van der Waals surface area contributed by atoms with E-state index in [4.69, 9.17) is 5.73 Å². The summed E-state index contributed by atoms with van der Waals surface area (Å²) in [7, 11) is 0.